The quantitative estimate of drug-likeness (QED) is 0.743. The van der Waals surface area contributed by atoms with Crippen molar-refractivity contribution < 1.29 is 23.1 Å². The average molecular weight is 378 g/mol. The Kier molecular flexibility index (Phi) is 6.35. The summed E-state index contributed by atoms with van der Waals surface area (Å²) in [5.74, 6) is -3.41. The minimum atomic E-state index is -3.60. The van der Waals surface area contributed by atoms with Gasteiger partial charge in [-0.05, 0) is 17.7 Å². The second-order valence-corrected chi connectivity index (χ2v) is 7.69. The Hall–Kier alpha value is -1.41. The number of carboxylic acid groups (broad SMARTS) is 1. The Morgan fingerprint density at radius 3 is 2.62 bits per heavy atom. The zero-order valence-corrected chi connectivity index (χ0v) is 13.8. The molecule has 0 heterocycles. The van der Waals surface area contributed by atoms with Gasteiger partial charge in [0.1, 0.15) is 5.75 Å². The van der Waals surface area contributed by atoms with Crippen molar-refractivity contribution in [2.75, 3.05) is 12.3 Å². The van der Waals surface area contributed by atoms with E-state index in [0.717, 1.165) is 4.47 Å². The number of benzene rings is 1. The van der Waals surface area contributed by atoms with Crippen LogP contribution in [0.25, 0.3) is 0 Å². The van der Waals surface area contributed by atoms with Crippen molar-refractivity contribution >= 4 is 37.6 Å². The average Bonchev–Trinajstić information content (AvgIpc) is 2.34. The molecule has 21 heavy (non-hydrogen) atoms. The van der Waals surface area contributed by atoms with Gasteiger partial charge < -0.3 is 10.4 Å². The van der Waals surface area contributed by atoms with Crippen LogP contribution in [0.1, 0.15) is 12.5 Å². The van der Waals surface area contributed by atoms with Crippen LogP contribution in [-0.4, -0.2) is 37.7 Å². The van der Waals surface area contributed by atoms with Crippen molar-refractivity contribution in [3.05, 3.63) is 34.3 Å². The summed E-state index contributed by atoms with van der Waals surface area (Å²) in [6.45, 7) is 1.33. The van der Waals surface area contributed by atoms with Crippen LogP contribution < -0.4 is 5.32 Å². The Bertz CT molecular complexity index is 629. The van der Waals surface area contributed by atoms with Crippen LogP contribution in [0.15, 0.2) is 28.7 Å². The topological polar surface area (TPSA) is 101 Å². The van der Waals surface area contributed by atoms with Gasteiger partial charge in [-0.1, -0.05) is 35.0 Å². The number of carboxylic acids is 1. The standard InChI is InChI=1S/C13H16BrNO5S/c1-9(13(17)18)6-15-12(16)8-21(19,20)7-10-3-2-4-11(14)5-10/h2-5,9H,6-8H2,1H3,(H,15,16)(H,17,18). The van der Waals surface area contributed by atoms with E-state index in [1.54, 1.807) is 24.3 Å². The number of nitrogens with one attached hydrogen (secondary N) is 1. The Balaban J connectivity index is 2.56. The SMILES string of the molecule is CC(CNC(=O)CS(=O)(=O)Cc1cccc(Br)c1)C(=O)O. The predicted octanol–water partition coefficient (Wildman–Crippen LogP) is 1.20. The fourth-order valence-corrected chi connectivity index (χ4v) is 3.27. The van der Waals surface area contributed by atoms with Gasteiger partial charge in [0.2, 0.25) is 5.91 Å². The van der Waals surface area contributed by atoms with Gasteiger partial charge in [-0.2, -0.15) is 0 Å². The normalized spacial score (nSPS) is 12.7. The molecule has 1 aromatic rings. The summed E-state index contributed by atoms with van der Waals surface area (Å²) in [5, 5.41) is 11.0. The van der Waals surface area contributed by atoms with Crippen molar-refractivity contribution in [2.24, 2.45) is 5.92 Å². The smallest absolute Gasteiger partial charge is 0.308 e. The van der Waals surface area contributed by atoms with E-state index in [0.29, 0.717) is 5.56 Å². The van der Waals surface area contributed by atoms with Gasteiger partial charge in [0, 0.05) is 11.0 Å². The molecule has 1 amide bonds. The molecule has 0 spiro atoms. The van der Waals surface area contributed by atoms with Gasteiger partial charge in [0.05, 0.1) is 11.7 Å². The van der Waals surface area contributed by atoms with Crippen LogP contribution in [0, 0.1) is 5.92 Å². The molecule has 0 fully saturated rings. The van der Waals surface area contributed by atoms with Gasteiger partial charge in [-0.3, -0.25) is 9.59 Å². The van der Waals surface area contributed by atoms with Crippen LogP contribution in [0.4, 0.5) is 0 Å². The molecule has 0 aliphatic rings. The molecule has 0 saturated carbocycles. The lowest BCUT2D eigenvalue weighted by molar-refractivity contribution is -0.141. The number of carbonyl (C=O) groups is 2. The first kappa shape index (κ1) is 17.6. The van der Waals surface area contributed by atoms with Crippen LogP contribution in [0.5, 0.6) is 0 Å². The van der Waals surface area contributed by atoms with E-state index < -0.39 is 33.4 Å². The summed E-state index contributed by atoms with van der Waals surface area (Å²) in [6, 6.07) is 6.81. The van der Waals surface area contributed by atoms with E-state index >= 15 is 0 Å². The maximum Gasteiger partial charge on any atom is 0.308 e. The van der Waals surface area contributed by atoms with Gasteiger partial charge in [0.15, 0.2) is 9.84 Å². The summed E-state index contributed by atoms with van der Waals surface area (Å²) in [5.41, 5.74) is 0.580. The van der Waals surface area contributed by atoms with E-state index in [1.165, 1.54) is 6.92 Å². The molecule has 1 unspecified atom stereocenters. The summed E-state index contributed by atoms with van der Waals surface area (Å²) in [7, 11) is -3.60. The highest BCUT2D eigenvalue weighted by Gasteiger charge is 2.19. The second kappa shape index (κ2) is 7.56. The first-order valence-corrected chi connectivity index (χ1v) is 8.75. The fraction of sp³-hybridized carbons (Fsp3) is 0.385. The predicted molar refractivity (Wildman–Crippen MR) is 81.4 cm³/mol. The molecular weight excluding hydrogens is 362 g/mol. The van der Waals surface area contributed by atoms with E-state index in [4.69, 9.17) is 5.11 Å². The summed E-state index contributed by atoms with van der Waals surface area (Å²) in [4.78, 5) is 22.1. The van der Waals surface area contributed by atoms with Crippen LogP contribution in [-0.2, 0) is 25.2 Å². The third-order valence-electron chi connectivity index (χ3n) is 2.65. The molecule has 8 heteroatoms. The Morgan fingerprint density at radius 2 is 2.05 bits per heavy atom. The van der Waals surface area contributed by atoms with E-state index in [2.05, 4.69) is 21.2 Å². The van der Waals surface area contributed by atoms with Crippen molar-refractivity contribution in [1.29, 1.82) is 0 Å². The number of halogens is 1. The molecule has 0 aliphatic carbocycles. The first-order valence-electron chi connectivity index (χ1n) is 6.14. The molecule has 2 N–H and O–H groups in total. The summed E-state index contributed by atoms with van der Waals surface area (Å²) < 4.78 is 24.6. The maximum absolute atomic E-state index is 11.9. The molecule has 0 saturated heterocycles. The zero-order valence-electron chi connectivity index (χ0n) is 11.4. The second-order valence-electron chi connectivity index (χ2n) is 4.71. The lowest BCUT2D eigenvalue weighted by Crippen LogP contribution is -2.35. The van der Waals surface area contributed by atoms with Crippen molar-refractivity contribution in [3.8, 4) is 0 Å². The van der Waals surface area contributed by atoms with Gasteiger partial charge in [-0.25, -0.2) is 8.42 Å². The molecular formula is C13H16BrNO5S. The van der Waals surface area contributed by atoms with Crippen LogP contribution in [0.3, 0.4) is 0 Å². The van der Waals surface area contributed by atoms with Gasteiger partial charge in [0.25, 0.3) is 0 Å². The number of amides is 1. The number of sulfone groups is 1. The molecule has 0 aromatic heterocycles. The van der Waals surface area contributed by atoms with Crippen LogP contribution in [0.2, 0.25) is 0 Å². The van der Waals surface area contributed by atoms with Gasteiger partial charge in [-0.15, -0.1) is 0 Å². The minimum absolute atomic E-state index is 0.0967. The molecule has 1 rings (SSSR count). The first-order chi connectivity index (χ1) is 9.69. The van der Waals surface area contributed by atoms with Crippen LogP contribution >= 0.6 is 15.9 Å². The molecule has 116 valence electrons. The molecule has 0 bridgehead atoms. The Morgan fingerprint density at radius 1 is 1.38 bits per heavy atom. The van der Waals surface area contributed by atoms with Crippen molar-refractivity contribution in [2.45, 2.75) is 12.7 Å². The summed E-state index contributed by atoms with van der Waals surface area (Å²) in [6.07, 6.45) is 0. The van der Waals surface area contributed by atoms with Crippen molar-refractivity contribution in [1.82, 2.24) is 5.32 Å². The number of hydrogen-bond donors (Lipinski definition) is 2. The largest absolute Gasteiger partial charge is 0.481 e. The monoisotopic (exact) mass is 377 g/mol. The Labute approximate surface area is 131 Å². The zero-order chi connectivity index (χ0) is 16.0. The maximum atomic E-state index is 11.9. The molecule has 0 radical (unpaired) electrons. The minimum Gasteiger partial charge on any atom is -0.481 e. The molecule has 1 atom stereocenters. The van der Waals surface area contributed by atoms with E-state index in [-0.39, 0.29) is 12.3 Å². The van der Waals surface area contributed by atoms with E-state index in [9.17, 15) is 18.0 Å². The highest BCUT2D eigenvalue weighted by molar-refractivity contribution is 9.10. The third kappa shape index (κ3) is 6.72. The van der Waals surface area contributed by atoms with E-state index in [1.807, 2.05) is 0 Å². The molecule has 6 nitrogen and oxygen atoms in total. The number of rotatable bonds is 7. The lowest BCUT2D eigenvalue weighted by Gasteiger charge is -2.09. The van der Waals surface area contributed by atoms with Crippen molar-refractivity contribution in [3.63, 3.8) is 0 Å². The molecule has 0 aliphatic heterocycles. The highest BCUT2D eigenvalue weighted by atomic mass is 79.9. The number of aliphatic carboxylic acids is 1. The lowest BCUT2D eigenvalue weighted by atomic mass is 10.2. The van der Waals surface area contributed by atoms with Gasteiger partial charge >= 0.3 is 5.97 Å². The summed E-state index contributed by atoms with van der Waals surface area (Å²) >= 11 is 3.25. The number of carbonyl (C=O) groups excluding carboxylic acids is 1. The highest BCUT2D eigenvalue weighted by Crippen LogP contribution is 2.14. The molecule has 1 aromatic carbocycles. The third-order valence-corrected chi connectivity index (χ3v) is 4.62. The fourth-order valence-electron chi connectivity index (χ4n) is 1.54. The number of hydrogen-bond acceptors (Lipinski definition) is 4.